The first kappa shape index (κ1) is 15.4. The summed E-state index contributed by atoms with van der Waals surface area (Å²) < 4.78 is 45.3. The van der Waals surface area contributed by atoms with Gasteiger partial charge in [0.25, 0.3) is 0 Å². The predicted molar refractivity (Wildman–Crippen MR) is 75.7 cm³/mol. The van der Waals surface area contributed by atoms with Crippen molar-refractivity contribution in [1.29, 1.82) is 0 Å². The Morgan fingerprint density at radius 3 is 2.62 bits per heavy atom. The van der Waals surface area contributed by atoms with E-state index in [4.69, 9.17) is 4.74 Å². The van der Waals surface area contributed by atoms with E-state index >= 15 is 0 Å². The van der Waals surface area contributed by atoms with E-state index in [9.17, 15) is 13.2 Å². The highest BCUT2D eigenvalue weighted by molar-refractivity contribution is 5.64. The van der Waals surface area contributed by atoms with Crippen molar-refractivity contribution < 1.29 is 17.9 Å². The molecule has 0 bridgehead atoms. The zero-order valence-electron chi connectivity index (χ0n) is 11.9. The minimum absolute atomic E-state index is 0.0404. The molecule has 0 aliphatic heterocycles. The standard InChI is InChI=1S/C17H16F3O/c1-12(2)11-17(19,20)21-16-8-4-6-14(10-16)13-5-3-7-15(18)9-13/h3-5,7-10,12H,11H2,1-2H3. The lowest BCUT2D eigenvalue weighted by Crippen LogP contribution is -2.26. The largest absolute Gasteiger partial charge is 0.433 e. The number of alkyl halides is 2. The minimum Gasteiger partial charge on any atom is -0.433 e. The molecule has 0 unspecified atom stereocenters. The monoisotopic (exact) mass is 293 g/mol. The lowest BCUT2D eigenvalue weighted by Gasteiger charge is -2.20. The summed E-state index contributed by atoms with van der Waals surface area (Å²) in [6, 6.07) is 13.1. The Morgan fingerprint density at radius 1 is 1.19 bits per heavy atom. The van der Waals surface area contributed by atoms with Crippen molar-refractivity contribution in [2.75, 3.05) is 0 Å². The summed E-state index contributed by atoms with van der Waals surface area (Å²) in [6.07, 6.45) is -3.59. The van der Waals surface area contributed by atoms with Crippen LogP contribution in [0, 0.1) is 17.8 Å². The van der Waals surface area contributed by atoms with Crippen molar-refractivity contribution in [3.63, 3.8) is 0 Å². The van der Waals surface area contributed by atoms with E-state index in [0.717, 1.165) is 0 Å². The predicted octanol–water partition coefficient (Wildman–Crippen LogP) is 5.31. The molecular weight excluding hydrogens is 277 g/mol. The molecule has 0 saturated carbocycles. The van der Waals surface area contributed by atoms with Crippen molar-refractivity contribution in [2.24, 2.45) is 5.92 Å². The molecule has 0 spiro atoms. The van der Waals surface area contributed by atoms with Gasteiger partial charge in [0.05, 0.1) is 6.42 Å². The summed E-state index contributed by atoms with van der Waals surface area (Å²) in [7, 11) is 0. The van der Waals surface area contributed by atoms with Gasteiger partial charge in [-0.3, -0.25) is 0 Å². The average molecular weight is 293 g/mol. The fourth-order valence-electron chi connectivity index (χ4n) is 2.02. The fourth-order valence-corrected chi connectivity index (χ4v) is 2.02. The maximum atomic E-state index is 13.7. The Bertz CT molecular complexity index is 608. The number of hydrogen-bond donors (Lipinski definition) is 0. The topological polar surface area (TPSA) is 9.23 Å². The first-order chi connectivity index (χ1) is 9.85. The number of halogens is 3. The van der Waals surface area contributed by atoms with Gasteiger partial charge >= 0.3 is 6.11 Å². The second-order valence-electron chi connectivity index (χ2n) is 5.29. The molecule has 2 rings (SSSR count). The third-order valence-corrected chi connectivity index (χ3v) is 2.82. The van der Waals surface area contributed by atoms with Gasteiger partial charge in [-0.1, -0.05) is 32.0 Å². The zero-order chi connectivity index (χ0) is 15.5. The number of rotatable bonds is 5. The van der Waals surface area contributed by atoms with Crippen LogP contribution in [0.3, 0.4) is 0 Å². The Kier molecular flexibility index (Phi) is 4.56. The first-order valence-corrected chi connectivity index (χ1v) is 6.70. The summed E-state index contributed by atoms with van der Waals surface area (Å²) in [6.45, 7) is 3.41. The summed E-state index contributed by atoms with van der Waals surface area (Å²) in [5.74, 6) is -0.533. The van der Waals surface area contributed by atoms with E-state index < -0.39 is 11.9 Å². The molecule has 0 aliphatic rings. The Hall–Kier alpha value is -1.97. The van der Waals surface area contributed by atoms with Crippen LogP contribution in [0.25, 0.3) is 11.1 Å². The van der Waals surface area contributed by atoms with E-state index in [1.165, 1.54) is 30.3 Å². The average Bonchev–Trinajstić information content (AvgIpc) is 2.36. The molecule has 111 valence electrons. The van der Waals surface area contributed by atoms with Crippen molar-refractivity contribution in [2.45, 2.75) is 26.4 Å². The van der Waals surface area contributed by atoms with Crippen LogP contribution in [0.4, 0.5) is 13.2 Å². The number of ether oxygens (including phenoxy) is 1. The van der Waals surface area contributed by atoms with Gasteiger partial charge in [0.2, 0.25) is 0 Å². The van der Waals surface area contributed by atoms with Gasteiger partial charge in [-0.05, 0) is 47.4 Å². The summed E-state index contributed by atoms with van der Waals surface area (Å²) >= 11 is 0. The van der Waals surface area contributed by atoms with Crippen LogP contribution in [0.1, 0.15) is 20.3 Å². The Morgan fingerprint density at radius 2 is 1.95 bits per heavy atom. The molecule has 21 heavy (non-hydrogen) atoms. The van der Waals surface area contributed by atoms with Crippen LogP contribution in [0.2, 0.25) is 0 Å². The first-order valence-electron chi connectivity index (χ1n) is 6.70. The normalized spacial score (nSPS) is 11.7. The summed E-state index contributed by atoms with van der Waals surface area (Å²) in [5, 5.41) is 0. The minimum atomic E-state index is -3.23. The Labute approximate surface area is 122 Å². The second-order valence-corrected chi connectivity index (χ2v) is 5.29. The molecular formula is C17H16F3O. The van der Waals surface area contributed by atoms with Gasteiger partial charge in [0.1, 0.15) is 11.6 Å². The molecule has 0 N–H and O–H groups in total. The second kappa shape index (κ2) is 6.20. The molecule has 4 heteroatoms. The van der Waals surface area contributed by atoms with E-state index in [1.54, 1.807) is 26.0 Å². The van der Waals surface area contributed by atoms with E-state index in [0.29, 0.717) is 11.1 Å². The van der Waals surface area contributed by atoms with Gasteiger partial charge in [0.15, 0.2) is 0 Å². The lowest BCUT2D eigenvalue weighted by molar-refractivity contribution is -0.186. The van der Waals surface area contributed by atoms with Crippen LogP contribution in [0.15, 0.2) is 42.5 Å². The summed E-state index contributed by atoms with van der Waals surface area (Å²) in [5.41, 5.74) is 1.07. The summed E-state index contributed by atoms with van der Waals surface area (Å²) in [4.78, 5) is 0. The van der Waals surface area contributed by atoms with Crippen molar-refractivity contribution >= 4 is 0 Å². The fraction of sp³-hybridized carbons (Fsp3) is 0.294. The molecule has 0 atom stereocenters. The highest BCUT2D eigenvalue weighted by Gasteiger charge is 2.32. The van der Waals surface area contributed by atoms with Crippen LogP contribution in [0.5, 0.6) is 5.75 Å². The highest BCUT2D eigenvalue weighted by atomic mass is 19.3. The van der Waals surface area contributed by atoms with Crippen molar-refractivity contribution in [3.8, 4) is 16.9 Å². The highest BCUT2D eigenvalue weighted by Crippen LogP contribution is 2.30. The molecule has 0 amide bonds. The van der Waals surface area contributed by atoms with Crippen molar-refractivity contribution in [1.82, 2.24) is 0 Å². The van der Waals surface area contributed by atoms with Crippen LogP contribution in [-0.2, 0) is 0 Å². The third-order valence-electron chi connectivity index (χ3n) is 2.82. The molecule has 2 aromatic rings. The van der Waals surface area contributed by atoms with E-state index in [1.807, 2.05) is 0 Å². The molecule has 0 heterocycles. The molecule has 1 radical (unpaired) electrons. The van der Waals surface area contributed by atoms with E-state index in [-0.39, 0.29) is 18.1 Å². The molecule has 2 aromatic carbocycles. The molecule has 1 nitrogen and oxygen atoms in total. The molecule has 0 aliphatic carbocycles. The molecule has 0 fully saturated rings. The van der Waals surface area contributed by atoms with Gasteiger partial charge in [0, 0.05) is 0 Å². The number of hydrogen-bond acceptors (Lipinski definition) is 1. The lowest BCUT2D eigenvalue weighted by atomic mass is 10.1. The van der Waals surface area contributed by atoms with Gasteiger partial charge in [-0.2, -0.15) is 8.78 Å². The molecule has 0 saturated heterocycles. The van der Waals surface area contributed by atoms with Crippen LogP contribution >= 0.6 is 0 Å². The smallest absolute Gasteiger partial charge is 0.398 e. The SMILES string of the molecule is CC(C)CC(F)(F)Oc1cc[c]c(-c2cccc(F)c2)c1. The quantitative estimate of drug-likeness (QED) is 0.726. The van der Waals surface area contributed by atoms with Gasteiger partial charge < -0.3 is 4.74 Å². The maximum Gasteiger partial charge on any atom is 0.398 e. The van der Waals surface area contributed by atoms with Gasteiger partial charge in [-0.15, -0.1) is 0 Å². The van der Waals surface area contributed by atoms with Gasteiger partial charge in [-0.25, -0.2) is 4.39 Å². The molecule has 0 aromatic heterocycles. The van der Waals surface area contributed by atoms with Crippen molar-refractivity contribution in [3.05, 3.63) is 54.3 Å². The zero-order valence-corrected chi connectivity index (χ0v) is 11.9. The van der Waals surface area contributed by atoms with E-state index in [2.05, 4.69) is 6.07 Å². The van der Waals surface area contributed by atoms with Crippen LogP contribution < -0.4 is 4.74 Å². The third kappa shape index (κ3) is 4.52. The maximum absolute atomic E-state index is 13.7. The number of benzene rings is 2. The Balaban J connectivity index is 2.22. The van der Waals surface area contributed by atoms with Crippen LogP contribution in [-0.4, -0.2) is 6.11 Å².